The molecule has 1 amide bonds. The van der Waals surface area contributed by atoms with Gasteiger partial charge in [-0.3, -0.25) is 10.1 Å². The maximum atomic E-state index is 15.1. The molecule has 0 saturated carbocycles. The number of ether oxygens (including phenoxy) is 1. The van der Waals surface area contributed by atoms with Crippen molar-refractivity contribution >= 4 is 32.1 Å². The van der Waals surface area contributed by atoms with Crippen molar-refractivity contribution < 1.29 is 39.1 Å². The molecule has 1 aliphatic rings. The molecule has 38 heavy (non-hydrogen) atoms. The van der Waals surface area contributed by atoms with Crippen molar-refractivity contribution in [3.8, 4) is 28.4 Å². The van der Waals surface area contributed by atoms with Crippen molar-refractivity contribution in [2.45, 2.75) is 5.54 Å². The van der Waals surface area contributed by atoms with Crippen LogP contribution in [0.15, 0.2) is 65.7 Å². The van der Waals surface area contributed by atoms with Gasteiger partial charge in [-0.2, -0.15) is 16.8 Å². The van der Waals surface area contributed by atoms with E-state index in [0.29, 0.717) is 5.56 Å². The van der Waals surface area contributed by atoms with Crippen molar-refractivity contribution in [3.05, 3.63) is 77.6 Å². The van der Waals surface area contributed by atoms with E-state index in [1.54, 1.807) is 0 Å². The van der Waals surface area contributed by atoms with E-state index in [9.17, 15) is 21.6 Å². The molecule has 0 bridgehead atoms. The molecule has 0 radical (unpaired) electrons. The van der Waals surface area contributed by atoms with Crippen molar-refractivity contribution in [2.75, 3.05) is 19.6 Å². The fraction of sp³-hybridized carbons (Fsp3) is 0.167. The summed E-state index contributed by atoms with van der Waals surface area (Å²) in [4.78, 5) is 17.6. The number of carbonyl (C=O) groups excluding carboxylic acids is 1. The van der Waals surface area contributed by atoms with Crippen molar-refractivity contribution in [1.82, 2.24) is 5.32 Å². The number of methoxy groups -OCH3 is 1. The highest BCUT2D eigenvalue weighted by atomic mass is 32.2. The Morgan fingerprint density at radius 3 is 1.97 bits per heavy atom. The summed E-state index contributed by atoms with van der Waals surface area (Å²) in [7, 11) is -6.32. The Kier molecular flexibility index (Phi) is 6.80. The molecule has 0 aliphatic carbocycles. The highest BCUT2D eigenvalue weighted by molar-refractivity contribution is 7.86. The van der Waals surface area contributed by atoms with Crippen molar-refractivity contribution in [2.24, 2.45) is 10.7 Å². The quantitative estimate of drug-likeness (QED) is 0.389. The number of rotatable bonds is 8. The third kappa shape index (κ3) is 5.55. The van der Waals surface area contributed by atoms with Gasteiger partial charge in [0.15, 0.2) is 11.5 Å². The average molecular weight is 564 g/mol. The van der Waals surface area contributed by atoms with E-state index in [0.717, 1.165) is 18.6 Å². The maximum absolute atomic E-state index is 15.1. The first-order valence-corrected chi connectivity index (χ1v) is 14.4. The van der Waals surface area contributed by atoms with Crippen LogP contribution in [-0.4, -0.2) is 48.3 Å². The SMILES string of the molecule is COc1cc(OS(C)(=O)=O)cc(-c2cc(C3(c4ccc(OS(C)(=O)=O)cc4)N=C(N)NC3=O)ccc2F)c1. The summed E-state index contributed by atoms with van der Waals surface area (Å²) >= 11 is 0. The summed E-state index contributed by atoms with van der Waals surface area (Å²) in [5, 5.41) is 2.45. The Hall–Kier alpha value is -4.17. The van der Waals surface area contributed by atoms with Gasteiger partial charge in [0, 0.05) is 11.6 Å². The largest absolute Gasteiger partial charge is 0.497 e. The Morgan fingerprint density at radius 2 is 1.42 bits per heavy atom. The van der Waals surface area contributed by atoms with Gasteiger partial charge in [-0.15, -0.1) is 0 Å². The van der Waals surface area contributed by atoms with Crippen LogP contribution in [0.4, 0.5) is 4.39 Å². The average Bonchev–Trinajstić information content (AvgIpc) is 3.11. The standard InChI is InChI=1S/C24H22FN3O8S2/c1-34-18-10-14(11-19(13-18)36-38(3,32)33)20-12-16(6-9-21(20)25)24(22(29)27-23(26)28-24)15-4-7-17(8-5-15)35-37(2,30)31/h4-13H,1-3H3,(H3,26,27,28,29). The first-order valence-electron chi connectivity index (χ1n) is 10.8. The number of hydrogen-bond donors (Lipinski definition) is 2. The summed E-state index contributed by atoms with van der Waals surface area (Å²) in [6.07, 6.45) is 1.76. The van der Waals surface area contributed by atoms with Gasteiger partial charge in [-0.1, -0.05) is 18.2 Å². The van der Waals surface area contributed by atoms with Gasteiger partial charge in [-0.05, 0) is 53.1 Å². The van der Waals surface area contributed by atoms with Crippen LogP contribution in [0.25, 0.3) is 11.1 Å². The van der Waals surface area contributed by atoms with Crippen LogP contribution < -0.4 is 24.2 Å². The van der Waals surface area contributed by atoms with E-state index in [1.165, 1.54) is 61.7 Å². The van der Waals surface area contributed by atoms with Gasteiger partial charge < -0.3 is 18.8 Å². The second-order valence-electron chi connectivity index (χ2n) is 8.35. The van der Waals surface area contributed by atoms with E-state index in [-0.39, 0.29) is 39.9 Å². The van der Waals surface area contributed by atoms with Crippen LogP contribution >= 0.6 is 0 Å². The third-order valence-corrected chi connectivity index (χ3v) is 6.43. The second kappa shape index (κ2) is 9.61. The van der Waals surface area contributed by atoms with Gasteiger partial charge >= 0.3 is 20.2 Å². The Balaban J connectivity index is 1.88. The van der Waals surface area contributed by atoms with Crippen LogP contribution in [0.1, 0.15) is 11.1 Å². The van der Waals surface area contributed by atoms with Gasteiger partial charge in [-0.25, -0.2) is 9.38 Å². The van der Waals surface area contributed by atoms with Crippen LogP contribution in [0.3, 0.4) is 0 Å². The van der Waals surface area contributed by atoms with Gasteiger partial charge in [0.2, 0.25) is 0 Å². The summed E-state index contributed by atoms with van der Waals surface area (Å²) < 4.78 is 76.4. The molecule has 3 N–H and O–H groups in total. The van der Waals surface area contributed by atoms with Crippen LogP contribution in [-0.2, 0) is 30.6 Å². The van der Waals surface area contributed by atoms with E-state index >= 15 is 4.39 Å². The predicted octanol–water partition coefficient (Wildman–Crippen LogP) is 1.87. The smallest absolute Gasteiger partial charge is 0.306 e. The molecule has 11 nitrogen and oxygen atoms in total. The summed E-state index contributed by atoms with van der Waals surface area (Å²) in [6, 6.07) is 13.5. The number of amides is 1. The van der Waals surface area contributed by atoms with Gasteiger partial charge in [0.05, 0.1) is 19.6 Å². The minimum absolute atomic E-state index is 0.00960. The number of guanidine groups is 1. The maximum Gasteiger partial charge on any atom is 0.306 e. The molecule has 1 heterocycles. The highest BCUT2D eigenvalue weighted by Crippen LogP contribution is 2.40. The number of carbonyl (C=O) groups is 1. The molecule has 200 valence electrons. The van der Waals surface area contributed by atoms with Crippen molar-refractivity contribution in [1.29, 1.82) is 0 Å². The highest BCUT2D eigenvalue weighted by Gasteiger charge is 2.47. The molecule has 0 spiro atoms. The lowest BCUT2D eigenvalue weighted by Gasteiger charge is -2.25. The minimum Gasteiger partial charge on any atom is -0.497 e. The monoisotopic (exact) mass is 563 g/mol. The Bertz CT molecular complexity index is 1670. The number of benzene rings is 3. The molecular weight excluding hydrogens is 541 g/mol. The molecule has 1 unspecified atom stereocenters. The topological polar surface area (TPSA) is 163 Å². The molecule has 0 aromatic heterocycles. The fourth-order valence-corrected chi connectivity index (χ4v) is 4.90. The Morgan fingerprint density at radius 1 is 0.842 bits per heavy atom. The first-order chi connectivity index (χ1) is 17.7. The van der Waals surface area contributed by atoms with Crippen molar-refractivity contribution in [3.63, 3.8) is 0 Å². The Labute approximate surface area is 218 Å². The van der Waals surface area contributed by atoms with Crippen LogP contribution in [0.5, 0.6) is 17.2 Å². The summed E-state index contributed by atoms with van der Waals surface area (Å²) in [5.41, 5.74) is 4.79. The van der Waals surface area contributed by atoms with E-state index in [2.05, 4.69) is 10.3 Å². The second-order valence-corrected chi connectivity index (χ2v) is 11.5. The molecule has 1 atom stereocenters. The molecule has 0 fully saturated rings. The molecule has 4 rings (SSSR count). The zero-order valence-corrected chi connectivity index (χ0v) is 21.9. The molecule has 1 aliphatic heterocycles. The lowest BCUT2D eigenvalue weighted by Crippen LogP contribution is -2.39. The number of nitrogens with zero attached hydrogens (tertiary/aromatic N) is 1. The normalized spacial score (nSPS) is 17.5. The first kappa shape index (κ1) is 26.9. The minimum atomic E-state index is -3.89. The van der Waals surface area contributed by atoms with E-state index in [4.69, 9.17) is 18.8 Å². The number of hydrogen-bond acceptors (Lipinski definition) is 10. The third-order valence-electron chi connectivity index (χ3n) is 5.44. The van der Waals surface area contributed by atoms with E-state index < -0.39 is 37.5 Å². The molecular formula is C24H22FN3O8S2. The lowest BCUT2D eigenvalue weighted by atomic mass is 9.82. The summed E-state index contributed by atoms with van der Waals surface area (Å²) in [5.74, 6) is -1.39. The van der Waals surface area contributed by atoms with E-state index in [1.807, 2.05) is 0 Å². The number of nitrogens with one attached hydrogen (secondary N) is 1. The molecule has 14 heteroatoms. The zero-order chi connectivity index (χ0) is 27.9. The molecule has 3 aromatic rings. The zero-order valence-electron chi connectivity index (χ0n) is 20.3. The lowest BCUT2D eigenvalue weighted by molar-refractivity contribution is -0.122. The van der Waals surface area contributed by atoms with Crippen LogP contribution in [0, 0.1) is 5.82 Å². The molecule has 3 aromatic carbocycles. The molecule has 0 saturated heterocycles. The van der Waals surface area contributed by atoms with Gasteiger partial charge in [0.25, 0.3) is 5.91 Å². The van der Waals surface area contributed by atoms with Crippen LogP contribution in [0.2, 0.25) is 0 Å². The fourth-order valence-electron chi connectivity index (χ4n) is 3.99. The number of nitrogens with two attached hydrogens (primary N) is 1. The predicted molar refractivity (Wildman–Crippen MR) is 136 cm³/mol. The van der Waals surface area contributed by atoms with Gasteiger partial charge in [0.1, 0.15) is 23.1 Å². The summed E-state index contributed by atoms with van der Waals surface area (Å²) in [6.45, 7) is 0. The number of halogens is 1. The number of aliphatic imine (C=N–C) groups is 1.